The Balaban J connectivity index is 2.92. The summed E-state index contributed by atoms with van der Waals surface area (Å²) in [6.07, 6.45) is 0.126. The first-order valence-electron chi connectivity index (χ1n) is 6.53. The van der Waals surface area contributed by atoms with Crippen LogP contribution >= 0.6 is 0 Å². The van der Waals surface area contributed by atoms with Gasteiger partial charge in [0.15, 0.2) is 5.75 Å². The van der Waals surface area contributed by atoms with Gasteiger partial charge < -0.3 is 19.9 Å². The van der Waals surface area contributed by atoms with Crippen LogP contribution < -0.4 is 20.5 Å². The number of ether oxygens (including phenoxy) is 3. The maximum atomic E-state index is 11.6. The Labute approximate surface area is 126 Å². The average Bonchev–Trinajstić information content (AvgIpc) is 2.49. The fourth-order valence-corrected chi connectivity index (χ4v) is 1.37. The fraction of sp³-hybridized carbons (Fsp3) is 0.385. The summed E-state index contributed by atoms with van der Waals surface area (Å²) >= 11 is 0. The van der Waals surface area contributed by atoms with Crippen LogP contribution in [0.5, 0.6) is 11.6 Å². The highest BCUT2D eigenvalue weighted by Gasteiger charge is 2.17. The van der Waals surface area contributed by atoms with Crippen molar-refractivity contribution >= 4 is 18.0 Å². The number of hydrogen-bond donors (Lipinski definition) is 2. The van der Waals surface area contributed by atoms with Gasteiger partial charge in [-0.2, -0.15) is 0 Å². The third-order valence-corrected chi connectivity index (χ3v) is 2.25. The van der Waals surface area contributed by atoms with Crippen LogP contribution in [-0.4, -0.2) is 42.7 Å². The van der Waals surface area contributed by atoms with Crippen LogP contribution in [0.25, 0.3) is 0 Å². The van der Waals surface area contributed by atoms with E-state index in [2.05, 4.69) is 4.98 Å². The van der Waals surface area contributed by atoms with E-state index in [-0.39, 0.29) is 37.0 Å². The summed E-state index contributed by atoms with van der Waals surface area (Å²) in [5.41, 5.74) is 5.21. The molecule has 9 heteroatoms. The Morgan fingerprint density at radius 3 is 2.59 bits per heavy atom. The van der Waals surface area contributed by atoms with Gasteiger partial charge in [0.25, 0.3) is 5.88 Å². The van der Waals surface area contributed by atoms with Crippen molar-refractivity contribution in [3.63, 3.8) is 0 Å². The van der Waals surface area contributed by atoms with Crippen LogP contribution in [-0.2, 0) is 9.53 Å². The maximum Gasteiger partial charge on any atom is 0.420 e. The second kappa shape index (κ2) is 8.57. The number of aromatic nitrogens is 1. The van der Waals surface area contributed by atoms with Crippen molar-refractivity contribution in [3.05, 3.63) is 17.8 Å². The van der Waals surface area contributed by atoms with Crippen LogP contribution in [0.1, 0.15) is 24.2 Å². The van der Waals surface area contributed by atoms with Gasteiger partial charge in [-0.3, -0.25) is 10.1 Å². The molecule has 0 aliphatic rings. The van der Waals surface area contributed by atoms with Gasteiger partial charge in [-0.25, -0.2) is 14.6 Å². The molecule has 0 bridgehead atoms. The van der Waals surface area contributed by atoms with Gasteiger partial charge >= 0.3 is 12.1 Å². The molecule has 1 aromatic heterocycles. The highest BCUT2D eigenvalue weighted by Crippen LogP contribution is 2.26. The number of imide groups is 1. The minimum atomic E-state index is -1.05. The Morgan fingerprint density at radius 1 is 1.27 bits per heavy atom. The highest BCUT2D eigenvalue weighted by molar-refractivity contribution is 5.93. The zero-order valence-electron chi connectivity index (χ0n) is 12.3. The second-order valence-corrected chi connectivity index (χ2v) is 3.82. The van der Waals surface area contributed by atoms with Crippen molar-refractivity contribution in [2.45, 2.75) is 13.8 Å². The minimum absolute atomic E-state index is 0.0726. The number of rotatable bonds is 6. The largest absolute Gasteiger partial charge is 0.488 e. The third-order valence-electron chi connectivity index (χ3n) is 2.25. The zero-order chi connectivity index (χ0) is 16.5. The molecule has 0 spiro atoms. The summed E-state index contributed by atoms with van der Waals surface area (Å²) in [5, 5.41) is 1.89. The molecule has 0 radical (unpaired) electrons. The summed E-state index contributed by atoms with van der Waals surface area (Å²) in [4.78, 5) is 37.9. The number of hydrogen-bond acceptors (Lipinski definition) is 8. The number of nitrogens with one attached hydrogen (secondary N) is 1. The molecule has 0 atom stereocenters. The van der Waals surface area contributed by atoms with Crippen LogP contribution in [0.4, 0.5) is 4.79 Å². The molecule has 1 aromatic rings. The van der Waals surface area contributed by atoms with Crippen LogP contribution in [0.2, 0.25) is 0 Å². The smallest absolute Gasteiger partial charge is 0.420 e. The van der Waals surface area contributed by atoms with Gasteiger partial charge in [0.05, 0.1) is 25.3 Å². The van der Waals surface area contributed by atoms with Gasteiger partial charge in [0, 0.05) is 12.3 Å². The number of nitrogens with zero attached hydrogens (tertiary/aromatic N) is 1. The lowest BCUT2D eigenvalue weighted by atomic mass is 10.3. The molecule has 0 saturated carbocycles. The Morgan fingerprint density at radius 2 is 2.00 bits per heavy atom. The second-order valence-electron chi connectivity index (χ2n) is 3.82. The van der Waals surface area contributed by atoms with Crippen molar-refractivity contribution in [3.8, 4) is 11.6 Å². The topological polar surface area (TPSA) is 130 Å². The molecule has 9 nitrogen and oxygen atoms in total. The van der Waals surface area contributed by atoms with Crippen molar-refractivity contribution < 1.29 is 28.6 Å². The highest BCUT2D eigenvalue weighted by atomic mass is 16.6. The van der Waals surface area contributed by atoms with E-state index in [1.807, 2.05) is 5.32 Å². The van der Waals surface area contributed by atoms with E-state index in [9.17, 15) is 14.4 Å². The quantitative estimate of drug-likeness (QED) is 0.714. The average molecular weight is 311 g/mol. The first-order chi connectivity index (χ1) is 10.5. The van der Waals surface area contributed by atoms with Gasteiger partial charge in [0.1, 0.15) is 0 Å². The Hall–Kier alpha value is -2.68. The van der Waals surface area contributed by atoms with Crippen LogP contribution in [0.15, 0.2) is 12.3 Å². The van der Waals surface area contributed by atoms with Crippen molar-refractivity contribution in [2.24, 2.45) is 5.73 Å². The van der Waals surface area contributed by atoms with Gasteiger partial charge in [-0.05, 0) is 13.8 Å². The van der Waals surface area contributed by atoms with Crippen molar-refractivity contribution in [2.75, 3.05) is 19.8 Å². The van der Waals surface area contributed by atoms with E-state index >= 15 is 0 Å². The first-order valence-corrected chi connectivity index (χ1v) is 6.53. The molecule has 22 heavy (non-hydrogen) atoms. The molecular weight excluding hydrogens is 294 g/mol. The van der Waals surface area contributed by atoms with E-state index in [0.29, 0.717) is 0 Å². The van der Waals surface area contributed by atoms with Gasteiger partial charge in [-0.1, -0.05) is 0 Å². The number of pyridine rings is 1. The summed E-state index contributed by atoms with van der Waals surface area (Å²) < 4.78 is 14.9. The Bertz CT molecular complexity index is 561. The SMILES string of the molecule is CCOC(=O)c1cnc(OC(=O)NC(=O)CN)c(OCC)c1. The number of amides is 2. The lowest BCUT2D eigenvalue weighted by molar-refractivity contribution is -0.118. The van der Waals surface area contributed by atoms with E-state index in [1.165, 1.54) is 12.3 Å². The van der Waals surface area contributed by atoms with Crippen LogP contribution in [0.3, 0.4) is 0 Å². The van der Waals surface area contributed by atoms with Gasteiger partial charge in [-0.15, -0.1) is 0 Å². The molecular formula is C13H17N3O6. The predicted octanol–water partition coefficient (Wildman–Crippen LogP) is 0.231. The lowest BCUT2D eigenvalue weighted by Gasteiger charge is -2.11. The molecule has 3 N–H and O–H groups in total. The van der Waals surface area contributed by atoms with Crippen molar-refractivity contribution in [1.29, 1.82) is 0 Å². The normalized spacial score (nSPS) is 9.77. The van der Waals surface area contributed by atoms with Crippen LogP contribution in [0, 0.1) is 0 Å². The van der Waals surface area contributed by atoms with Gasteiger partial charge in [0.2, 0.25) is 5.91 Å². The molecule has 1 rings (SSSR count). The maximum absolute atomic E-state index is 11.6. The lowest BCUT2D eigenvalue weighted by Crippen LogP contribution is -2.37. The molecule has 0 unspecified atom stereocenters. The molecule has 0 saturated heterocycles. The summed E-state index contributed by atoms with van der Waals surface area (Å²) in [6.45, 7) is 3.49. The summed E-state index contributed by atoms with van der Waals surface area (Å²) in [7, 11) is 0. The first kappa shape index (κ1) is 17.4. The van der Waals surface area contributed by atoms with E-state index < -0.39 is 18.0 Å². The van der Waals surface area contributed by atoms with E-state index in [4.69, 9.17) is 19.9 Å². The molecule has 0 aliphatic heterocycles. The van der Waals surface area contributed by atoms with Crippen molar-refractivity contribution in [1.82, 2.24) is 10.3 Å². The fourth-order valence-electron chi connectivity index (χ4n) is 1.37. The van der Waals surface area contributed by atoms with E-state index in [0.717, 1.165) is 0 Å². The Kier molecular flexibility index (Phi) is 6.77. The summed E-state index contributed by atoms with van der Waals surface area (Å²) in [6, 6.07) is 1.34. The molecule has 1 heterocycles. The molecule has 0 fully saturated rings. The predicted molar refractivity (Wildman–Crippen MR) is 74.6 cm³/mol. The number of esters is 1. The number of nitrogens with two attached hydrogens (primary N) is 1. The van der Waals surface area contributed by atoms with E-state index in [1.54, 1.807) is 13.8 Å². The standard InChI is InChI=1S/C13H17N3O6/c1-3-20-9-5-8(12(18)21-4-2)7-15-11(9)22-13(19)16-10(17)6-14/h5,7H,3-4,6,14H2,1-2H3,(H,16,17,19). The molecule has 0 aromatic carbocycles. The minimum Gasteiger partial charge on any atom is -0.488 e. The monoisotopic (exact) mass is 311 g/mol. The third kappa shape index (κ3) is 5.02. The number of carbonyl (C=O) groups excluding carboxylic acids is 3. The number of carbonyl (C=O) groups is 3. The summed E-state index contributed by atoms with van der Waals surface area (Å²) in [5.74, 6) is -1.39. The zero-order valence-corrected chi connectivity index (χ0v) is 12.3. The molecule has 120 valence electrons. The molecule has 2 amide bonds. The molecule has 0 aliphatic carbocycles.